The largest absolute Gasteiger partial charge is 0.619 e. The van der Waals surface area contributed by atoms with E-state index >= 15 is 0 Å². The second-order valence-electron chi connectivity index (χ2n) is 11.5. The van der Waals surface area contributed by atoms with E-state index in [9.17, 15) is 32.0 Å². The second-order valence-corrected chi connectivity index (χ2v) is 14.3. The van der Waals surface area contributed by atoms with Gasteiger partial charge >= 0.3 is 12.6 Å². The molecule has 2 fully saturated rings. The molecule has 252 valence electrons. The van der Waals surface area contributed by atoms with Crippen LogP contribution in [0.1, 0.15) is 40.4 Å². The van der Waals surface area contributed by atoms with Crippen LogP contribution in [-0.4, -0.2) is 69.9 Å². The molecule has 1 aliphatic carbocycles. The number of alkyl halides is 2. The number of ether oxygens (including phenoxy) is 3. The molecule has 0 spiro atoms. The van der Waals surface area contributed by atoms with E-state index in [4.69, 9.17) is 32.7 Å². The van der Waals surface area contributed by atoms with Gasteiger partial charge in [-0.15, -0.1) is 0 Å². The van der Waals surface area contributed by atoms with Gasteiger partial charge in [-0.3, -0.25) is 9.59 Å². The van der Waals surface area contributed by atoms with Crippen molar-refractivity contribution in [3.63, 3.8) is 0 Å². The van der Waals surface area contributed by atoms with Crippen molar-refractivity contribution in [3.05, 3.63) is 86.8 Å². The van der Waals surface area contributed by atoms with Gasteiger partial charge < -0.3 is 24.3 Å². The molecule has 11 nitrogen and oxygen atoms in total. The number of pyridine rings is 1. The highest BCUT2D eigenvalue weighted by Crippen LogP contribution is 2.38. The zero-order chi connectivity index (χ0) is 34.0. The molecule has 1 aliphatic heterocycles. The summed E-state index contributed by atoms with van der Waals surface area (Å²) in [7, 11) is -0.925. The molecule has 1 saturated heterocycles. The molecule has 3 aromatic rings. The van der Waals surface area contributed by atoms with Crippen molar-refractivity contribution in [2.75, 3.05) is 33.8 Å². The molecule has 2 aliphatic rings. The van der Waals surface area contributed by atoms with Crippen LogP contribution in [0.15, 0.2) is 59.8 Å². The van der Waals surface area contributed by atoms with E-state index in [-0.39, 0.29) is 69.6 Å². The Bertz CT molecular complexity index is 1750. The van der Waals surface area contributed by atoms with Gasteiger partial charge in [0.25, 0.3) is 5.91 Å². The van der Waals surface area contributed by atoms with Crippen LogP contribution in [0.4, 0.5) is 8.78 Å². The topological polar surface area (TPSA) is 129 Å². The molecule has 0 N–H and O–H groups in total. The third-order valence-electron chi connectivity index (χ3n) is 7.74. The summed E-state index contributed by atoms with van der Waals surface area (Å²) in [5.41, 5.74) is 0.820. The van der Waals surface area contributed by atoms with Gasteiger partial charge in [0.1, 0.15) is 16.1 Å². The molecular formula is C31H31Cl2F2N3O8S. The van der Waals surface area contributed by atoms with E-state index in [1.807, 2.05) is 0 Å². The maximum atomic E-state index is 13.4. The molecule has 16 heteroatoms. The number of amides is 1. The fraction of sp³-hybridized carbons (Fsp3) is 0.387. The first-order chi connectivity index (χ1) is 22.2. The van der Waals surface area contributed by atoms with Crippen LogP contribution < -0.4 is 14.2 Å². The third-order valence-corrected chi connectivity index (χ3v) is 10.2. The number of aromatic nitrogens is 1. The molecule has 1 amide bonds. The number of benzene rings is 2. The molecule has 1 aromatic heterocycles. The zero-order valence-corrected chi connectivity index (χ0v) is 27.6. The fourth-order valence-electron chi connectivity index (χ4n) is 4.88. The number of rotatable bonds is 13. The van der Waals surface area contributed by atoms with Gasteiger partial charge in [0.15, 0.2) is 23.9 Å². The van der Waals surface area contributed by atoms with Crippen molar-refractivity contribution in [2.24, 2.45) is 11.8 Å². The van der Waals surface area contributed by atoms with Crippen molar-refractivity contribution in [3.8, 4) is 11.5 Å². The molecule has 1 atom stereocenters. The Morgan fingerprint density at radius 2 is 1.74 bits per heavy atom. The van der Waals surface area contributed by atoms with Gasteiger partial charge in [0.2, 0.25) is 10.0 Å². The summed E-state index contributed by atoms with van der Waals surface area (Å²) in [6.07, 6.45) is 2.86. The number of sulfonamides is 1. The number of hydrogen-bond acceptors (Lipinski definition) is 8. The Morgan fingerprint density at radius 1 is 1.06 bits per heavy atom. The lowest BCUT2D eigenvalue weighted by Crippen LogP contribution is -2.53. The first-order valence-electron chi connectivity index (χ1n) is 14.5. The number of halogens is 4. The summed E-state index contributed by atoms with van der Waals surface area (Å²) >= 11 is 12.6. The van der Waals surface area contributed by atoms with Crippen LogP contribution in [0.5, 0.6) is 11.5 Å². The number of carbonyl (C=O) groups is 2. The van der Waals surface area contributed by atoms with Crippen LogP contribution in [0.3, 0.4) is 0 Å². The van der Waals surface area contributed by atoms with Crippen molar-refractivity contribution in [1.29, 1.82) is 0 Å². The molecule has 0 bridgehead atoms. The van der Waals surface area contributed by atoms with Gasteiger partial charge in [-0.2, -0.15) is 17.8 Å². The van der Waals surface area contributed by atoms with Crippen LogP contribution in [-0.2, 0) is 26.0 Å². The van der Waals surface area contributed by atoms with E-state index in [1.165, 1.54) is 47.4 Å². The zero-order valence-electron chi connectivity index (χ0n) is 25.3. The Hall–Kier alpha value is -3.72. The van der Waals surface area contributed by atoms with E-state index in [0.29, 0.717) is 16.2 Å². The van der Waals surface area contributed by atoms with Gasteiger partial charge in [-0.25, -0.2) is 8.42 Å². The summed E-state index contributed by atoms with van der Waals surface area (Å²) in [5.74, 6) is -1.81. The quantitative estimate of drug-likeness (QED) is 0.140. The normalized spacial score (nSPS) is 16.0. The van der Waals surface area contributed by atoms with Gasteiger partial charge in [0, 0.05) is 44.7 Å². The second kappa shape index (κ2) is 14.2. The minimum absolute atomic E-state index is 0.00676. The summed E-state index contributed by atoms with van der Waals surface area (Å²) in [4.78, 5) is 27.0. The van der Waals surface area contributed by atoms with Crippen LogP contribution in [0, 0.1) is 17.0 Å². The highest BCUT2D eigenvalue weighted by molar-refractivity contribution is 7.89. The maximum absolute atomic E-state index is 13.4. The number of nitrogens with zero attached hydrogens (tertiary/aromatic N) is 3. The fourth-order valence-corrected chi connectivity index (χ4v) is 7.05. The molecule has 2 aromatic carbocycles. The average Bonchev–Trinajstić information content (AvgIpc) is 3.81. The summed E-state index contributed by atoms with van der Waals surface area (Å²) in [6.45, 7) is -3.18. The van der Waals surface area contributed by atoms with Crippen LogP contribution >= 0.6 is 23.2 Å². The van der Waals surface area contributed by atoms with Crippen molar-refractivity contribution in [1.82, 2.24) is 9.21 Å². The standard InChI is InChI=1S/C31H31Cl2F2N3O8S/c1-36(2)29(39)20-4-3-5-22(10-20)47(42,43)38-13-21(14-38)30(40)45-27(12-23-24(32)15-37(41)16-25(23)33)19-8-9-26(46-31(34)35)28(11-19)44-17-18-6-7-18/h3-5,8-11,15-16,18,21,27,31H,6-7,12-14,17H2,1-2H3/t27-/m0/s1. The predicted octanol–water partition coefficient (Wildman–Crippen LogP) is 4.87. The lowest BCUT2D eigenvalue weighted by Gasteiger charge is -2.37. The molecule has 5 rings (SSSR count). The number of hydrogen-bond donors (Lipinski definition) is 0. The monoisotopic (exact) mass is 713 g/mol. The van der Waals surface area contributed by atoms with Crippen molar-refractivity contribution in [2.45, 2.75) is 36.9 Å². The van der Waals surface area contributed by atoms with E-state index in [1.54, 1.807) is 14.1 Å². The molecular weight excluding hydrogens is 683 g/mol. The lowest BCUT2D eigenvalue weighted by atomic mass is 10.00. The highest BCUT2D eigenvalue weighted by atomic mass is 35.5. The Morgan fingerprint density at radius 3 is 2.36 bits per heavy atom. The van der Waals surface area contributed by atoms with Crippen molar-refractivity contribution >= 4 is 45.1 Å². The van der Waals surface area contributed by atoms with Crippen molar-refractivity contribution < 1.29 is 45.7 Å². The highest BCUT2D eigenvalue weighted by Gasteiger charge is 2.42. The molecule has 1 saturated carbocycles. The first-order valence-corrected chi connectivity index (χ1v) is 16.7. The Kier molecular flexibility index (Phi) is 10.4. The number of esters is 1. The Labute approximate surface area is 280 Å². The molecule has 2 heterocycles. The van der Waals surface area contributed by atoms with E-state index in [0.717, 1.165) is 29.5 Å². The van der Waals surface area contributed by atoms with E-state index < -0.39 is 34.6 Å². The first kappa shape index (κ1) is 34.6. The predicted molar refractivity (Wildman–Crippen MR) is 166 cm³/mol. The summed E-state index contributed by atoms with van der Waals surface area (Å²) in [5, 5.41) is 11.8. The van der Waals surface area contributed by atoms with Crippen LogP contribution in [0.2, 0.25) is 10.0 Å². The lowest BCUT2D eigenvalue weighted by molar-refractivity contribution is -0.605. The van der Waals surface area contributed by atoms with Crippen LogP contribution in [0.25, 0.3) is 0 Å². The summed E-state index contributed by atoms with van der Waals surface area (Å²) < 4.78 is 70.7. The molecule has 0 unspecified atom stereocenters. The van der Waals surface area contributed by atoms with E-state index in [2.05, 4.69) is 4.74 Å². The minimum atomic E-state index is -4.03. The SMILES string of the molecule is CN(C)C(=O)c1cccc(S(=O)(=O)N2CC(C(=O)O[C@@H](Cc3c(Cl)c[n+]([O-])cc3Cl)c3ccc(OC(F)F)c(OCC4CC4)c3)C2)c1. The molecule has 47 heavy (non-hydrogen) atoms. The summed E-state index contributed by atoms with van der Waals surface area (Å²) in [6, 6.07) is 9.75. The molecule has 0 radical (unpaired) electrons. The maximum Gasteiger partial charge on any atom is 0.387 e. The van der Waals surface area contributed by atoms with Gasteiger partial charge in [-0.1, -0.05) is 35.3 Å². The minimum Gasteiger partial charge on any atom is -0.619 e. The Balaban J connectivity index is 1.37. The van der Waals surface area contributed by atoms with Gasteiger partial charge in [0.05, 0.1) is 17.4 Å². The smallest absolute Gasteiger partial charge is 0.387 e. The number of carbonyl (C=O) groups excluding carboxylic acids is 2. The third kappa shape index (κ3) is 8.23. The van der Waals surface area contributed by atoms with Gasteiger partial charge in [-0.05, 0) is 54.7 Å². The average molecular weight is 715 g/mol.